The standard InChI is InChI=1S/C27H35FN4O5S/c1-14(18-7-6-16(10-20(18)34)21-15(2)29-13-38-21)30-23(35)19-11-17(33)12-32(19)24(36)22(26(3,4)5)31-25(37)27(28)8-9-27/h6-7,10,13-14,17,19,22,33-34H,8-9,11-12H2,1-5H3,(H,30,35)(H,31,37)/t14-,17+,19-,22+/m0/s1. The number of benzene rings is 1. The van der Waals surface area contributed by atoms with Crippen molar-refractivity contribution in [2.45, 2.75) is 83.8 Å². The normalized spacial score (nSPS) is 22.0. The van der Waals surface area contributed by atoms with Crippen molar-refractivity contribution in [3.05, 3.63) is 35.0 Å². The second kappa shape index (κ2) is 10.3. The molecule has 2 aliphatic rings. The van der Waals surface area contributed by atoms with Gasteiger partial charge in [-0.3, -0.25) is 14.4 Å². The second-order valence-corrected chi connectivity index (χ2v) is 12.3. The predicted octanol–water partition coefficient (Wildman–Crippen LogP) is 3.00. The van der Waals surface area contributed by atoms with Crippen molar-refractivity contribution in [3.8, 4) is 16.2 Å². The van der Waals surface area contributed by atoms with Gasteiger partial charge in [0, 0.05) is 18.5 Å². The molecule has 38 heavy (non-hydrogen) atoms. The fraction of sp³-hybridized carbons (Fsp3) is 0.556. The number of phenolic OH excluding ortho intramolecular Hbond substituents is 1. The average molecular weight is 547 g/mol. The molecule has 0 spiro atoms. The number of phenols is 1. The van der Waals surface area contributed by atoms with Crippen LogP contribution in [0.4, 0.5) is 4.39 Å². The lowest BCUT2D eigenvalue weighted by Crippen LogP contribution is -2.59. The van der Waals surface area contributed by atoms with E-state index in [1.165, 1.54) is 16.2 Å². The molecule has 206 valence electrons. The summed E-state index contributed by atoms with van der Waals surface area (Å²) in [6.07, 6.45) is -0.662. The highest BCUT2D eigenvalue weighted by molar-refractivity contribution is 7.13. The highest BCUT2D eigenvalue weighted by atomic mass is 32.1. The Kier molecular flexibility index (Phi) is 7.55. The van der Waals surface area contributed by atoms with Gasteiger partial charge < -0.3 is 25.7 Å². The molecular weight excluding hydrogens is 511 g/mol. The largest absolute Gasteiger partial charge is 0.508 e. The van der Waals surface area contributed by atoms with Gasteiger partial charge in [0.2, 0.25) is 11.8 Å². The summed E-state index contributed by atoms with van der Waals surface area (Å²) in [6, 6.07) is 2.56. The first-order valence-electron chi connectivity index (χ1n) is 12.7. The molecule has 1 saturated heterocycles. The Morgan fingerprint density at radius 1 is 1.24 bits per heavy atom. The monoisotopic (exact) mass is 546 g/mol. The zero-order valence-corrected chi connectivity index (χ0v) is 23.1. The van der Waals surface area contributed by atoms with Crippen LogP contribution in [0.15, 0.2) is 23.7 Å². The summed E-state index contributed by atoms with van der Waals surface area (Å²) < 4.78 is 14.3. The van der Waals surface area contributed by atoms with E-state index < -0.39 is 53.0 Å². The number of halogens is 1. The van der Waals surface area contributed by atoms with Gasteiger partial charge in [-0.1, -0.05) is 32.9 Å². The van der Waals surface area contributed by atoms with Gasteiger partial charge in [0.25, 0.3) is 5.91 Å². The number of amides is 3. The topological polar surface area (TPSA) is 132 Å². The lowest BCUT2D eigenvalue weighted by molar-refractivity contribution is -0.145. The summed E-state index contributed by atoms with van der Waals surface area (Å²) in [5.41, 5.74) is 1.20. The first kappa shape index (κ1) is 28.0. The Morgan fingerprint density at radius 2 is 1.92 bits per heavy atom. The van der Waals surface area contributed by atoms with Crippen LogP contribution < -0.4 is 10.6 Å². The Hall–Kier alpha value is -3.05. The molecule has 9 nitrogen and oxygen atoms in total. The quantitative estimate of drug-likeness (QED) is 0.422. The van der Waals surface area contributed by atoms with Crippen molar-refractivity contribution < 1.29 is 29.0 Å². The van der Waals surface area contributed by atoms with Crippen LogP contribution in [0, 0.1) is 12.3 Å². The van der Waals surface area contributed by atoms with Crippen LogP contribution in [-0.4, -0.2) is 68.2 Å². The van der Waals surface area contributed by atoms with Gasteiger partial charge in [-0.05, 0) is 43.7 Å². The molecule has 1 saturated carbocycles. The zero-order valence-electron chi connectivity index (χ0n) is 22.2. The van der Waals surface area contributed by atoms with Gasteiger partial charge >= 0.3 is 0 Å². The first-order valence-corrected chi connectivity index (χ1v) is 13.6. The number of likely N-dealkylation sites (tertiary alicyclic amines) is 1. The third-order valence-corrected chi connectivity index (χ3v) is 8.19. The smallest absolute Gasteiger partial charge is 0.258 e. The van der Waals surface area contributed by atoms with Crippen molar-refractivity contribution in [2.75, 3.05) is 6.54 Å². The molecule has 1 aliphatic carbocycles. The Labute approximate surface area is 225 Å². The molecule has 1 aromatic heterocycles. The molecule has 2 fully saturated rings. The van der Waals surface area contributed by atoms with Gasteiger partial charge in [-0.2, -0.15) is 0 Å². The summed E-state index contributed by atoms with van der Waals surface area (Å²) in [5, 5.41) is 26.4. The molecule has 4 atom stereocenters. The van der Waals surface area contributed by atoms with E-state index in [0.717, 1.165) is 16.1 Å². The SMILES string of the molecule is Cc1ncsc1-c1ccc([C@H](C)NC(=O)[C@@H]2C[C@@H](O)CN2C(=O)[C@@H](NC(=O)C2(F)CC2)C(C)(C)C)c(O)c1. The third kappa shape index (κ3) is 5.68. The molecule has 11 heteroatoms. The van der Waals surface area contributed by atoms with E-state index in [0.29, 0.717) is 5.56 Å². The molecule has 3 amide bonds. The van der Waals surface area contributed by atoms with E-state index in [-0.39, 0.29) is 31.6 Å². The number of carbonyl (C=O) groups excluding carboxylic acids is 3. The number of nitrogens with one attached hydrogen (secondary N) is 2. The minimum absolute atomic E-state index is 0.0122. The maximum atomic E-state index is 14.3. The number of aromatic hydroxyl groups is 1. The first-order chi connectivity index (χ1) is 17.7. The van der Waals surface area contributed by atoms with Crippen molar-refractivity contribution in [3.63, 3.8) is 0 Å². The highest BCUT2D eigenvalue weighted by Crippen LogP contribution is 2.40. The number of aryl methyl sites for hydroxylation is 1. The molecule has 1 aromatic carbocycles. The van der Waals surface area contributed by atoms with E-state index >= 15 is 0 Å². The third-order valence-electron chi connectivity index (χ3n) is 7.21. The number of hydrogen-bond donors (Lipinski definition) is 4. The molecule has 4 rings (SSSR count). The molecule has 0 bridgehead atoms. The molecular formula is C27H35FN4O5S. The Morgan fingerprint density at radius 3 is 2.47 bits per heavy atom. The van der Waals surface area contributed by atoms with Gasteiger partial charge in [0.05, 0.1) is 28.2 Å². The minimum Gasteiger partial charge on any atom is -0.508 e. The number of carbonyl (C=O) groups is 3. The minimum atomic E-state index is -1.95. The highest BCUT2D eigenvalue weighted by Gasteiger charge is 2.53. The van der Waals surface area contributed by atoms with Crippen LogP contribution in [0.25, 0.3) is 10.4 Å². The maximum absolute atomic E-state index is 14.3. The molecule has 4 N–H and O–H groups in total. The van der Waals surface area contributed by atoms with Crippen LogP contribution in [0.3, 0.4) is 0 Å². The summed E-state index contributed by atoms with van der Waals surface area (Å²) >= 11 is 1.47. The van der Waals surface area contributed by atoms with Crippen LogP contribution >= 0.6 is 11.3 Å². The van der Waals surface area contributed by atoms with Crippen molar-refractivity contribution in [2.24, 2.45) is 5.41 Å². The summed E-state index contributed by atoms with van der Waals surface area (Å²) in [4.78, 5) is 45.7. The number of β-amino-alcohol motifs (C(OH)–C–C–N with tert-alkyl or cyclic N) is 1. The lowest BCUT2D eigenvalue weighted by Gasteiger charge is -2.35. The molecule has 2 aromatic rings. The Balaban J connectivity index is 1.49. The zero-order chi connectivity index (χ0) is 28.0. The summed E-state index contributed by atoms with van der Waals surface area (Å²) in [6.45, 7) is 8.77. The molecule has 0 unspecified atom stereocenters. The fourth-order valence-corrected chi connectivity index (χ4v) is 5.54. The predicted molar refractivity (Wildman–Crippen MR) is 141 cm³/mol. The number of nitrogens with zero attached hydrogens (tertiary/aromatic N) is 2. The number of alkyl halides is 1. The summed E-state index contributed by atoms with van der Waals surface area (Å²) in [5.74, 6) is -1.86. The van der Waals surface area contributed by atoms with E-state index in [4.69, 9.17) is 0 Å². The van der Waals surface area contributed by atoms with Gasteiger partial charge in [0.15, 0.2) is 5.67 Å². The van der Waals surface area contributed by atoms with E-state index in [2.05, 4.69) is 15.6 Å². The van der Waals surface area contributed by atoms with Crippen LogP contribution in [-0.2, 0) is 14.4 Å². The van der Waals surface area contributed by atoms with Gasteiger partial charge in [-0.15, -0.1) is 11.3 Å². The number of thiazole rings is 1. The van der Waals surface area contributed by atoms with Gasteiger partial charge in [-0.25, -0.2) is 9.37 Å². The molecule has 1 aliphatic heterocycles. The fourth-order valence-electron chi connectivity index (χ4n) is 4.74. The average Bonchev–Trinajstić information content (AvgIpc) is 3.24. The molecule has 2 heterocycles. The van der Waals surface area contributed by atoms with E-state index in [1.54, 1.807) is 45.3 Å². The number of aliphatic hydroxyl groups excluding tert-OH is 1. The lowest BCUT2D eigenvalue weighted by atomic mass is 9.85. The van der Waals surface area contributed by atoms with Crippen molar-refractivity contribution >= 4 is 29.1 Å². The van der Waals surface area contributed by atoms with E-state index in [9.17, 15) is 29.0 Å². The maximum Gasteiger partial charge on any atom is 0.258 e. The number of aliphatic hydroxyl groups is 1. The van der Waals surface area contributed by atoms with Crippen molar-refractivity contribution in [1.82, 2.24) is 20.5 Å². The molecule has 0 radical (unpaired) electrons. The number of rotatable bonds is 7. The van der Waals surface area contributed by atoms with Crippen LogP contribution in [0.5, 0.6) is 5.75 Å². The second-order valence-electron chi connectivity index (χ2n) is 11.4. The van der Waals surface area contributed by atoms with Crippen LogP contribution in [0.1, 0.15) is 64.3 Å². The van der Waals surface area contributed by atoms with E-state index in [1.807, 2.05) is 13.0 Å². The summed E-state index contributed by atoms with van der Waals surface area (Å²) in [7, 11) is 0. The van der Waals surface area contributed by atoms with Crippen molar-refractivity contribution in [1.29, 1.82) is 0 Å². The van der Waals surface area contributed by atoms with Crippen LogP contribution in [0.2, 0.25) is 0 Å². The van der Waals surface area contributed by atoms with Gasteiger partial charge in [0.1, 0.15) is 17.8 Å². The Bertz CT molecular complexity index is 1240. The number of aromatic nitrogens is 1. The number of hydrogen-bond acceptors (Lipinski definition) is 7.